The predicted octanol–water partition coefficient (Wildman–Crippen LogP) is 3.87. The molecule has 6 heteroatoms. The Balaban J connectivity index is 1.67. The first-order valence-electron chi connectivity index (χ1n) is 10.2. The van der Waals surface area contributed by atoms with Crippen molar-refractivity contribution in [2.75, 3.05) is 12.3 Å². The lowest BCUT2D eigenvalue weighted by Gasteiger charge is -2.25. The van der Waals surface area contributed by atoms with Crippen LogP contribution in [0.15, 0.2) is 48.5 Å². The van der Waals surface area contributed by atoms with Crippen molar-refractivity contribution in [2.24, 2.45) is 11.7 Å². The number of aromatic nitrogens is 1. The molecule has 6 nitrogen and oxygen atoms in total. The van der Waals surface area contributed by atoms with Gasteiger partial charge in [-0.2, -0.15) is 0 Å². The number of rotatable bonds is 6. The summed E-state index contributed by atoms with van der Waals surface area (Å²) in [4.78, 5) is 27.7. The lowest BCUT2D eigenvalue weighted by Crippen LogP contribution is -2.32. The van der Waals surface area contributed by atoms with Gasteiger partial charge in [-0.25, -0.2) is 0 Å². The van der Waals surface area contributed by atoms with E-state index in [0.717, 1.165) is 34.5 Å². The number of aromatic amines is 1. The van der Waals surface area contributed by atoms with E-state index in [-0.39, 0.29) is 5.91 Å². The first-order valence-corrected chi connectivity index (χ1v) is 10.2. The van der Waals surface area contributed by atoms with Crippen molar-refractivity contribution in [3.63, 3.8) is 0 Å². The highest BCUT2D eigenvalue weighted by Gasteiger charge is 2.22. The van der Waals surface area contributed by atoms with E-state index in [9.17, 15) is 9.59 Å². The van der Waals surface area contributed by atoms with Gasteiger partial charge in [-0.1, -0.05) is 30.7 Å². The van der Waals surface area contributed by atoms with Gasteiger partial charge in [0.25, 0.3) is 11.8 Å². The third kappa shape index (κ3) is 3.81. The van der Waals surface area contributed by atoms with Crippen LogP contribution >= 0.6 is 0 Å². The van der Waals surface area contributed by atoms with E-state index in [0.29, 0.717) is 22.9 Å². The lowest BCUT2D eigenvalue weighted by molar-refractivity contribution is 0.0938. The topological polar surface area (TPSA) is 114 Å². The number of benzene rings is 2. The summed E-state index contributed by atoms with van der Waals surface area (Å²) in [7, 11) is 0. The van der Waals surface area contributed by atoms with Gasteiger partial charge in [0.05, 0.1) is 0 Å². The van der Waals surface area contributed by atoms with Gasteiger partial charge in [0.1, 0.15) is 5.69 Å². The molecular formula is C24H26N4O2. The normalized spacial score (nSPS) is 13.6. The number of nitrogens with one attached hydrogen (secondary N) is 2. The molecular weight excluding hydrogens is 376 g/mol. The molecule has 1 heterocycles. The van der Waals surface area contributed by atoms with Crippen LogP contribution in [0.4, 0.5) is 5.69 Å². The van der Waals surface area contributed by atoms with E-state index in [2.05, 4.69) is 10.3 Å². The van der Waals surface area contributed by atoms with Crippen LogP contribution in [0.25, 0.3) is 22.3 Å². The second kappa shape index (κ2) is 8.06. The fourth-order valence-corrected chi connectivity index (χ4v) is 3.93. The van der Waals surface area contributed by atoms with Crippen LogP contribution in [0.2, 0.25) is 0 Å². The zero-order valence-electron chi connectivity index (χ0n) is 17.0. The lowest BCUT2D eigenvalue weighted by atomic mass is 9.85. The van der Waals surface area contributed by atoms with Crippen LogP contribution in [-0.4, -0.2) is 23.3 Å². The van der Waals surface area contributed by atoms with Gasteiger partial charge in [0.2, 0.25) is 0 Å². The standard InChI is InChI=1S/C24H26N4O2/c1-14-20(16-9-11-19(25)12-10-16)21(22(28-14)23(26)29)17-5-7-18(8-6-17)24(30)27-13-15-3-2-4-15/h5-12,15,28H,2-4,13,25H2,1H3,(H2,26,29)(H,27,30). The molecule has 1 aliphatic rings. The Kier molecular flexibility index (Phi) is 5.31. The van der Waals surface area contributed by atoms with Crippen molar-refractivity contribution in [1.29, 1.82) is 0 Å². The van der Waals surface area contributed by atoms with Gasteiger partial charge in [-0.15, -0.1) is 0 Å². The third-order valence-corrected chi connectivity index (χ3v) is 5.85. The van der Waals surface area contributed by atoms with E-state index >= 15 is 0 Å². The molecule has 1 aromatic heterocycles. The largest absolute Gasteiger partial charge is 0.399 e. The van der Waals surface area contributed by atoms with Gasteiger partial charge in [-0.3, -0.25) is 9.59 Å². The maximum absolute atomic E-state index is 12.4. The molecule has 6 N–H and O–H groups in total. The molecule has 0 saturated heterocycles. The highest BCUT2D eigenvalue weighted by Crippen LogP contribution is 2.38. The molecule has 1 aliphatic carbocycles. The van der Waals surface area contributed by atoms with Crippen molar-refractivity contribution < 1.29 is 9.59 Å². The zero-order valence-corrected chi connectivity index (χ0v) is 17.0. The first-order chi connectivity index (χ1) is 14.4. The maximum atomic E-state index is 12.4. The average molecular weight is 402 g/mol. The van der Waals surface area contributed by atoms with E-state index in [1.807, 2.05) is 43.3 Å². The summed E-state index contributed by atoms with van der Waals surface area (Å²) in [5.41, 5.74) is 17.3. The second-order valence-corrected chi connectivity index (χ2v) is 7.95. The van der Waals surface area contributed by atoms with Crippen molar-refractivity contribution >= 4 is 17.5 Å². The molecule has 3 aromatic rings. The Bertz CT molecular complexity index is 1080. The molecule has 0 unspecified atom stereocenters. The number of carbonyl (C=O) groups is 2. The summed E-state index contributed by atoms with van der Waals surface area (Å²) in [5, 5.41) is 3.01. The summed E-state index contributed by atoms with van der Waals surface area (Å²) in [6, 6.07) is 14.8. The third-order valence-electron chi connectivity index (χ3n) is 5.85. The molecule has 2 aromatic carbocycles. The Morgan fingerprint density at radius 2 is 1.60 bits per heavy atom. The van der Waals surface area contributed by atoms with Gasteiger partial charge < -0.3 is 21.8 Å². The molecule has 0 spiro atoms. The summed E-state index contributed by atoms with van der Waals surface area (Å²) in [6.07, 6.45) is 3.63. The molecule has 1 saturated carbocycles. The Hall–Kier alpha value is -3.54. The Morgan fingerprint density at radius 1 is 1.00 bits per heavy atom. The number of H-pyrrole nitrogens is 1. The highest BCUT2D eigenvalue weighted by molar-refractivity contribution is 6.04. The number of nitrogen functional groups attached to an aromatic ring is 1. The van der Waals surface area contributed by atoms with E-state index < -0.39 is 5.91 Å². The molecule has 2 amide bonds. The number of carbonyl (C=O) groups excluding carboxylic acids is 2. The van der Waals surface area contributed by atoms with Gasteiger partial charge >= 0.3 is 0 Å². The van der Waals surface area contributed by atoms with Gasteiger partial charge in [-0.05, 0) is 61.1 Å². The van der Waals surface area contributed by atoms with Crippen LogP contribution in [0.5, 0.6) is 0 Å². The number of aryl methyl sites for hydroxylation is 1. The molecule has 0 bridgehead atoms. The van der Waals surface area contributed by atoms with Crippen LogP contribution in [0.3, 0.4) is 0 Å². The first kappa shape index (κ1) is 19.8. The Morgan fingerprint density at radius 3 is 2.17 bits per heavy atom. The minimum atomic E-state index is -0.530. The summed E-state index contributed by atoms with van der Waals surface area (Å²) in [6.45, 7) is 2.63. The van der Waals surface area contributed by atoms with Crippen molar-refractivity contribution in [1.82, 2.24) is 10.3 Å². The fraction of sp³-hybridized carbons (Fsp3) is 0.250. The summed E-state index contributed by atoms with van der Waals surface area (Å²) >= 11 is 0. The average Bonchev–Trinajstić information content (AvgIpc) is 3.05. The number of anilines is 1. The zero-order chi connectivity index (χ0) is 21.3. The van der Waals surface area contributed by atoms with E-state index in [4.69, 9.17) is 11.5 Å². The molecule has 0 atom stereocenters. The minimum Gasteiger partial charge on any atom is -0.399 e. The molecule has 1 fully saturated rings. The Labute approximate surface area is 175 Å². The van der Waals surface area contributed by atoms with Crippen molar-refractivity contribution in [2.45, 2.75) is 26.2 Å². The monoisotopic (exact) mass is 402 g/mol. The number of amides is 2. The predicted molar refractivity (Wildman–Crippen MR) is 119 cm³/mol. The smallest absolute Gasteiger partial charge is 0.265 e. The number of nitrogens with two attached hydrogens (primary N) is 2. The minimum absolute atomic E-state index is 0.0763. The number of primary amides is 1. The molecule has 0 aliphatic heterocycles. The van der Waals surface area contributed by atoms with Crippen LogP contribution in [0, 0.1) is 12.8 Å². The van der Waals surface area contributed by atoms with Gasteiger partial charge in [0, 0.05) is 34.6 Å². The van der Waals surface area contributed by atoms with Crippen LogP contribution in [0.1, 0.15) is 45.8 Å². The SMILES string of the molecule is Cc1[nH]c(C(N)=O)c(-c2ccc(C(=O)NCC3CCC3)cc2)c1-c1ccc(N)cc1. The fourth-order valence-electron chi connectivity index (χ4n) is 3.93. The molecule has 0 radical (unpaired) electrons. The second-order valence-electron chi connectivity index (χ2n) is 7.95. The van der Waals surface area contributed by atoms with Crippen LogP contribution < -0.4 is 16.8 Å². The molecule has 30 heavy (non-hydrogen) atoms. The van der Waals surface area contributed by atoms with Crippen molar-refractivity contribution in [3.8, 4) is 22.3 Å². The maximum Gasteiger partial charge on any atom is 0.265 e. The molecule has 4 rings (SSSR count). The van der Waals surface area contributed by atoms with Crippen molar-refractivity contribution in [3.05, 3.63) is 65.5 Å². The summed E-state index contributed by atoms with van der Waals surface area (Å²) in [5.74, 6) is 0.00124. The van der Waals surface area contributed by atoms with Crippen LogP contribution in [-0.2, 0) is 0 Å². The highest BCUT2D eigenvalue weighted by atomic mass is 16.2. The summed E-state index contributed by atoms with van der Waals surface area (Å²) < 4.78 is 0. The van der Waals surface area contributed by atoms with Gasteiger partial charge in [0.15, 0.2) is 0 Å². The number of hydrogen-bond acceptors (Lipinski definition) is 3. The quantitative estimate of drug-likeness (QED) is 0.469. The van der Waals surface area contributed by atoms with E-state index in [1.54, 1.807) is 12.1 Å². The number of hydrogen-bond donors (Lipinski definition) is 4. The van der Waals surface area contributed by atoms with E-state index in [1.165, 1.54) is 19.3 Å². The molecule has 154 valence electrons.